The van der Waals surface area contributed by atoms with Crippen LogP contribution in [-0.4, -0.2) is 49.9 Å². The van der Waals surface area contributed by atoms with E-state index >= 15 is 0 Å². The number of rotatable bonds is 12. The lowest BCUT2D eigenvalue weighted by molar-refractivity contribution is -0.0388. The summed E-state index contributed by atoms with van der Waals surface area (Å²) < 4.78 is 12.2. The summed E-state index contributed by atoms with van der Waals surface area (Å²) in [6.07, 6.45) is -0.897. The van der Waals surface area contributed by atoms with Crippen molar-refractivity contribution in [3.63, 3.8) is 0 Å². The molecule has 2 N–H and O–H groups in total. The highest BCUT2D eigenvalue weighted by Crippen LogP contribution is 2.44. The fraction of sp³-hybridized carbons (Fsp3) is 0.696. The minimum Gasteiger partial charge on any atom is -0.462 e. The van der Waals surface area contributed by atoms with Crippen LogP contribution < -0.4 is 0 Å². The van der Waals surface area contributed by atoms with E-state index in [1.165, 1.54) is 0 Å². The predicted octanol–water partition coefficient (Wildman–Crippen LogP) is 4.78. The van der Waals surface area contributed by atoms with Gasteiger partial charge in [0.25, 0.3) is 0 Å². The number of hydrogen-bond acceptors (Lipinski definition) is 5. The second-order valence-corrected chi connectivity index (χ2v) is 14.3. The zero-order chi connectivity index (χ0) is 22.2. The maximum Gasteiger partial charge on any atom is 0.338 e. The van der Waals surface area contributed by atoms with E-state index in [2.05, 4.69) is 41.5 Å². The molecule has 0 saturated carbocycles. The average molecular weight is 425 g/mol. The molecule has 0 unspecified atom stereocenters. The van der Waals surface area contributed by atoms with Crippen molar-refractivity contribution in [1.29, 1.82) is 0 Å². The van der Waals surface area contributed by atoms with Crippen LogP contribution in [0.4, 0.5) is 0 Å². The zero-order valence-corrected chi connectivity index (χ0v) is 20.1. The fourth-order valence-electron chi connectivity index (χ4n) is 4.48. The number of ether oxygens (including phenoxy) is 1. The van der Waals surface area contributed by atoms with Crippen LogP contribution in [0.2, 0.25) is 16.6 Å². The Morgan fingerprint density at radius 1 is 0.966 bits per heavy atom. The molecule has 166 valence electrons. The van der Waals surface area contributed by atoms with Crippen LogP contribution in [0.5, 0.6) is 0 Å². The third kappa shape index (κ3) is 6.64. The SMILES string of the molecule is CC(C)[Si](O[C@H]([C@H](O)CO)[C@@H](C)CCOC(=O)c1ccccc1)(C(C)C)C(C)C. The van der Waals surface area contributed by atoms with Gasteiger partial charge in [-0.15, -0.1) is 0 Å². The minimum atomic E-state index is -2.23. The molecule has 0 saturated heterocycles. The molecule has 0 aliphatic rings. The number of aliphatic hydroxyl groups excluding tert-OH is 2. The van der Waals surface area contributed by atoms with E-state index in [0.29, 0.717) is 28.6 Å². The maximum atomic E-state index is 12.1. The number of aliphatic hydroxyl groups is 2. The normalized spacial score (nSPS) is 15.6. The lowest BCUT2D eigenvalue weighted by atomic mass is 9.97. The van der Waals surface area contributed by atoms with Gasteiger partial charge in [-0.1, -0.05) is 66.7 Å². The number of benzene rings is 1. The lowest BCUT2D eigenvalue weighted by Gasteiger charge is -2.46. The van der Waals surface area contributed by atoms with Crippen molar-refractivity contribution < 1.29 is 24.2 Å². The first-order chi connectivity index (χ1) is 13.6. The van der Waals surface area contributed by atoms with Gasteiger partial charge in [0.2, 0.25) is 8.32 Å². The van der Waals surface area contributed by atoms with Crippen LogP contribution in [0.1, 0.15) is 65.2 Å². The molecular formula is C23H40O5Si. The lowest BCUT2D eigenvalue weighted by Crippen LogP contribution is -2.54. The van der Waals surface area contributed by atoms with Gasteiger partial charge < -0.3 is 19.4 Å². The Balaban J connectivity index is 2.87. The molecule has 29 heavy (non-hydrogen) atoms. The van der Waals surface area contributed by atoms with Gasteiger partial charge in [0, 0.05) is 0 Å². The molecule has 5 nitrogen and oxygen atoms in total. The van der Waals surface area contributed by atoms with Crippen LogP contribution in [0, 0.1) is 5.92 Å². The van der Waals surface area contributed by atoms with Crippen LogP contribution in [0.15, 0.2) is 30.3 Å². The average Bonchev–Trinajstić information content (AvgIpc) is 2.67. The second kappa shape index (κ2) is 11.8. The van der Waals surface area contributed by atoms with Crippen LogP contribution in [0.25, 0.3) is 0 Å². The molecular weight excluding hydrogens is 384 g/mol. The summed E-state index contributed by atoms with van der Waals surface area (Å²) in [5.74, 6) is -0.419. The third-order valence-electron chi connectivity index (χ3n) is 5.99. The zero-order valence-electron chi connectivity index (χ0n) is 19.1. The summed E-state index contributed by atoms with van der Waals surface area (Å²) in [6.45, 7) is 15.1. The first-order valence-electron chi connectivity index (χ1n) is 10.8. The molecule has 0 aliphatic heterocycles. The van der Waals surface area contributed by atoms with E-state index in [9.17, 15) is 15.0 Å². The molecule has 0 radical (unpaired) electrons. The van der Waals surface area contributed by atoms with Gasteiger partial charge in [-0.25, -0.2) is 4.79 Å². The smallest absolute Gasteiger partial charge is 0.338 e. The van der Waals surface area contributed by atoms with E-state index in [4.69, 9.17) is 9.16 Å². The highest BCUT2D eigenvalue weighted by Gasteiger charge is 2.48. The molecule has 0 aromatic heterocycles. The van der Waals surface area contributed by atoms with Crippen molar-refractivity contribution in [3.05, 3.63) is 35.9 Å². The number of esters is 1. The molecule has 3 atom stereocenters. The summed E-state index contributed by atoms with van der Waals surface area (Å²) in [5, 5.41) is 20.2. The quantitative estimate of drug-likeness (QED) is 0.373. The van der Waals surface area contributed by atoms with Crippen LogP contribution in [0.3, 0.4) is 0 Å². The molecule has 0 aliphatic carbocycles. The second-order valence-electron chi connectivity index (χ2n) is 8.92. The Labute approximate surface area is 177 Å². The molecule has 1 rings (SSSR count). The molecule has 0 amide bonds. The van der Waals surface area contributed by atoms with Gasteiger partial charge in [0.1, 0.15) is 6.10 Å². The largest absolute Gasteiger partial charge is 0.462 e. The van der Waals surface area contributed by atoms with Crippen molar-refractivity contribution in [2.45, 2.75) is 83.7 Å². The van der Waals surface area contributed by atoms with Gasteiger partial charge in [-0.2, -0.15) is 0 Å². The molecule has 0 heterocycles. The molecule has 0 fully saturated rings. The predicted molar refractivity (Wildman–Crippen MR) is 120 cm³/mol. The summed E-state index contributed by atoms with van der Waals surface area (Å²) in [4.78, 5) is 12.1. The summed E-state index contributed by atoms with van der Waals surface area (Å²) >= 11 is 0. The minimum absolute atomic E-state index is 0.0659. The summed E-state index contributed by atoms with van der Waals surface area (Å²) in [6, 6.07) is 8.90. The Hall–Kier alpha value is -1.21. The van der Waals surface area contributed by atoms with E-state index < -0.39 is 20.5 Å². The Morgan fingerprint density at radius 3 is 1.93 bits per heavy atom. The number of carbonyl (C=O) groups excluding carboxylic acids is 1. The van der Waals surface area contributed by atoms with Crippen molar-refractivity contribution in [2.24, 2.45) is 5.92 Å². The van der Waals surface area contributed by atoms with Crippen molar-refractivity contribution in [3.8, 4) is 0 Å². The highest BCUT2D eigenvalue weighted by molar-refractivity contribution is 6.77. The topological polar surface area (TPSA) is 76.0 Å². The number of carbonyl (C=O) groups is 1. The summed E-state index contributed by atoms with van der Waals surface area (Å²) in [7, 11) is -2.23. The first-order valence-corrected chi connectivity index (χ1v) is 12.9. The van der Waals surface area contributed by atoms with Crippen molar-refractivity contribution in [2.75, 3.05) is 13.2 Å². The van der Waals surface area contributed by atoms with E-state index in [1.54, 1.807) is 24.3 Å². The van der Waals surface area contributed by atoms with Crippen molar-refractivity contribution >= 4 is 14.3 Å². The molecule has 0 bridgehead atoms. The van der Waals surface area contributed by atoms with Crippen LogP contribution in [-0.2, 0) is 9.16 Å². The Kier molecular flexibility index (Phi) is 10.5. The first kappa shape index (κ1) is 25.8. The maximum absolute atomic E-state index is 12.1. The third-order valence-corrected chi connectivity index (χ3v) is 12.1. The number of hydrogen-bond donors (Lipinski definition) is 2. The monoisotopic (exact) mass is 424 g/mol. The molecule has 6 heteroatoms. The fourth-order valence-corrected chi connectivity index (χ4v) is 10.2. The van der Waals surface area contributed by atoms with Gasteiger partial charge in [-0.3, -0.25) is 0 Å². The van der Waals surface area contributed by atoms with Crippen LogP contribution >= 0.6 is 0 Å². The summed E-state index contributed by atoms with van der Waals surface area (Å²) in [5.41, 5.74) is 1.64. The van der Waals surface area contributed by atoms with Gasteiger partial charge in [0.15, 0.2) is 0 Å². The van der Waals surface area contributed by atoms with Gasteiger partial charge in [-0.05, 0) is 41.1 Å². The van der Waals surface area contributed by atoms with Gasteiger partial charge in [0.05, 0.1) is 24.9 Å². The van der Waals surface area contributed by atoms with E-state index in [-0.39, 0.29) is 25.1 Å². The molecule has 1 aromatic carbocycles. The Bertz CT molecular complexity index is 581. The van der Waals surface area contributed by atoms with Crippen molar-refractivity contribution in [1.82, 2.24) is 0 Å². The van der Waals surface area contributed by atoms with E-state index in [1.807, 2.05) is 13.0 Å². The molecule has 1 aromatic rings. The Morgan fingerprint density at radius 2 is 1.48 bits per heavy atom. The van der Waals surface area contributed by atoms with Gasteiger partial charge >= 0.3 is 5.97 Å². The van der Waals surface area contributed by atoms with E-state index in [0.717, 1.165) is 0 Å². The standard InChI is InChI=1S/C23H40O5Si/c1-16(2)29(17(3)4,18(5)6)28-22(21(25)15-24)19(7)13-14-27-23(26)20-11-9-8-10-12-20/h8-12,16-19,21-22,24-25H,13-15H2,1-7H3/t19-,21+,22-/m0/s1. The highest BCUT2D eigenvalue weighted by atomic mass is 28.4. The molecule has 0 spiro atoms.